The van der Waals surface area contributed by atoms with Crippen LogP contribution in [0.1, 0.15) is 37.5 Å². The molecular weight excluding hydrogens is 294 g/mol. The zero-order chi connectivity index (χ0) is 15.5. The van der Waals surface area contributed by atoms with Crippen LogP contribution in [0.5, 0.6) is 0 Å². The highest BCUT2D eigenvalue weighted by molar-refractivity contribution is 4.94. The third-order valence-electron chi connectivity index (χ3n) is 3.29. The Balaban J connectivity index is 1.83. The Morgan fingerprint density at radius 3 is 2.90 bits per heavy atom. The van der Waals surface area contributed by atoms with E-state index in [2.05, 4.69) is 27.1 Å². The highest BCUT2D eigenvalue weighted by Crippen LogP contribution is 2.26. The van der Waals surface area contributed by atoms with Gasteiger partial charge in [-0.05, 0) is 25.3 Å². The van der Waals surface area contributed by atoms with Crippen LogP contribution >= 0.6 is 0 Å². The molecule has 9 heteroatoms. The minimum Gasteiger partial charge on any atom is -0.367 e. The molecule has 0 saturated carbocycles. The number of piperidine rings is 1. The molecule has 2 rings (SSSR count). The average Bonchev–Trinajstić information content (AvgIpc) is 2.87. The first-order valence-electron chi connectivity index (χ1n) is 6.68. The van der Waals surface area contributed by atoms with Crippen LogP contribution in [0.3, 0.4) is 0 Å². The van der Waals surface area contributed by atoms with Crippen molar-refractivity contribution in [1.82, 2.24) is 15.5 Å². The number of aromatic nitrogens is 2. The lowest BCUT2D eigenvalue weighted by Gasteiger charge is -2.25. The summed E-state index contributed by atoms with van der Waals surface area (Å²) in [5.74, 6) is -3.23. The molecule has 21 heavy (non-hydrogen) atoms. The maximum Gasteiger partial charge on any atom is 0.330 e. The van der Waals surface area contributed by atoms with E-state index in [1.54, 1.807) is 0 Å². The fourth-order valence-corrected chi connectivity index (χ4v) is 2.10. The molecule has 120 valence electrons. The number of hydrogen-bond donors (Lipinski definition) is 1. The van der Waals surface area contributed by atoms with Crippen LogP contribution in [0.4, 0.5) is 17.6 Å². The van der Waals surface area contributed by atoms with Crippen LogP contribution in [0.2, 0.25) is 0 Å². The summed E-state index contributed by atoms with van der Waals surface area (Å²) in [5, 5.41) is 6.82. The molecule has 0 spiro atoms. The second-order valence-corrected chi connectivity index (χ2v) is 5.24. The topological polar surface area (TPSA) is 60.2 Å². The van der Waals surface area contributed by atoms with Gasteiger partial charge in [0.15, 0.2) is 5.82 Å². The van der Waals surface area contributed by atoms with Crippen molar-refractivity contribution in [2.45, 2.75) is 44.8 Å². The Kier molecular flexibility index (Phi) is 5.15. The van der Waals surface area contributed by atoms with E-state index in [0.29, 0.717) is 11.8 Å². The molecule has 0 aromatic carbocycles. The summed E-state index contributed by atoms with van der Waals surface area (Å²) in [7, 11) is 0. The third-order valence-corrected chi connectivity index (χ3v) is 3.29. The smallest absolute Gasteiger partial charge is 0.330 e. The number of rotatable bonds is 6. The van der Waals surface area contributed by atoms with Crippen LogP contribution in [0.25, 0.3) is 0 Å². The zero-order valence-corrected chi connectivity index (χ0v) is 11.5. The molecule has 1 saturated heterocycles. The van der Waals surface area contributed by atoms with E-state index in [9.17, 15) is 17.6 Å². The van der Waals surface area contributed by atoms with E-state index in [1.165, 1.54) is 0 Å². The summed E-state index contributed by atoms with van der Waals surface area (Å²) in [5.41, 5.74) is 0. The van der Waals surface area contributed by atoms with Crippen LogP contribution in [-0.4, -0.2) is 35.6 Å². The molecule has 0 aliphatic carbocycles. The van der Waals surface area contributed by atoms with Gasteiger partial charge in [-0.15, -0.1) is 0 Å². The molecule has 2 atom stereocenters. The van der Waals surface area contributed by atoms with E-state index < -0.39 is 25.6 Å². The van der Waals surface area contributed by atoms with E-state index >= 15 is 0 Å². The van der Waals surface area contributed by atoms with Gasteiger partial charge in [-0.1, -0.05) is 12.1 Å². The number of nitrogens with one attached hydrogen (secondary N) is 1. The first-order valence-corrected chi connectivity index (χ1v) is 6.68. The van der Waals surface area contributed by atoms with Gasteiger partial charge in [-0.3, -0.25) is 0 Å². The van der Waals surface area contributed by atoms with Crippen molar-refractivity contribution >= 4 is 0 Å². The zero-order valence-electron chi connectivity index (χ0n) is 11.5. The molecular formula is C12H17F4N3O2. The first-order chi connectivity index (χ1) is 9.88. The summed E-state index contributed by atoms with van der Waals surface area (Å²) >= 11 is 0. The summed E-state index contributed by atoms with van der Waals surface area (Å²) in [6, 6.07) is -0.0718. The van der Waals surface area contributed by atoms with Crippen LogP contribution in [0.15, 0.2) is 4.52 Å². The molecule has 2 heterocycles. The molecule has 0 amide bonds. The van der Waals surface area contributed by atoms with Gasteiger partial charge in [-0.25, -0.2) is 8.78 Å². The Hall–Kier alpha value is -1.22. The van der Waals surface area contributed by atoms with E-state index in [4.69, 9.17) is 4.52 Å². The van der Waals surface area contributed by atoms with Gasteiger partial charge in [0, 0.05) is 0 Å². The van der Waals surface area contributed by atoms with E-state index in [1.807, 2.05) is 0 Å². The minimum atomic E-state index is -4.17. The summed E-state index contributed by atoms with van der Waals surface area (Å²) in [6.45, 7) is 1.17. The molecule has 0 radical (unpaired) electrons. The second kappa shape index (κ2) is 6.69. The number of ether oxygens (including phenoxy) is 1. The van der Waals surface area contributed by atoms with Crippen molar-refractivity contribution in [2.75, 3.05) is 13.2 Å². The Morgan fingerprint density at radius 1 is 1.48 bits per heavy atom. The minimum absolute atomic E-state index is 0.0649. The SMILES string of the molecule is CC1CCNC(c2nc(COCC(F)(F)C(F)F)no2)C1. The van der Waals surface area contributed by atoms with Gasteiger partial charge in [0.2, 0.25) is 5.89 Å². The summed E-state index contributed by atoms with van der Waals surface area (Å²) in [6.07, 6.45) is -1.86. The lowest BCUT2D eigenvalue weighted by molar-refractivity contribution is -0.168. The number of hydrogen-bond acceptors (Lipinski definition) is 5. The predicted octanol–water partition coefficient (Wildman–Crippen LogP) is 2.55. The molecule has 1 N–H and O–H groups in total. The van der Waals surface area contributed by atoms with Gasteiger partial charge in [-0.2, -0.15) is 13.8 Å². The van der Waals surface area contributed by atoms with Gasteiger partial charge >= 0.3 is 12.3 Å². The molecule has 1 fully saturated rings. The molecule has 0 bridgehead atoms. The number of halogens is 4. The normalized spacial score (nSPS) is 23.7. The maximum absolute atomic E-state index is 12.6. The van der Waals surface area contributed by atoms with Gasteiger partial charge in [0.25, 0.3) is 0 Å². The largest absolute Gasteiger partial charge is 0.367 e. The first kappa shape index (κ1) is 16.2. The summed E-state index contributed by atoms with van der Waals surface area (Å²) in [4.78, 5) is 4.04. The molecule has 2 unspecified atom stereocenters. The monoisotopic (exact) mass is 311 g/mol. The van der Waals surface area contributed by atoms with Crippen molar-refractivity contribution in [3.05, 3.63) is 11.7 Å². The Labute approximate surface area is 119 Å². The number of nitrogens with zero attached hydrogens (tertiary/aromatic N) is 2. The van der Waals surface area contributed by atoms with Crippen molar-refractivity contribution in [2.24, 2.45) is 5.92 Å². The van der Waals surface area contributed by atoms with Crippen molar-refractivity contribution < 1.29 is 26.8 Å². The van der Waals surface area contributed by atoms with Gasteiger partial charge in [0.1, 0.15) is 13.2 Å². The lowest BCUT2D eigenvalue weighted by atomic mass is 9.94. The summed E-state index contributed by atoms with van der Waals surface area (Å²) < 4.78 is 58.7. The second-order valence-electron chi connectivity index (χ2n) is 5.24. The fraction of sp³-hybridized carbons (Fsp3) is 0.833. The van der Waals surface area contributed by atoms with Crippen LogP contribution < -0.4 is 5.32 Å². The molecule has 1 aromatic rings. The quantitative estimate of drug-likeness (QED) is 0.818. The maximum atomic E-state index is 12.6. The standard InChI is InChI=1S/C12H17F4N3O2/c1-7-2-3-17-8(4-7)10-18-9(19-21-10)5-20-6-12(15,16)11(13)14/h7-8,11,17H,2-6H2,1H3. The van der Waals surface area contributed by atoms with Crippen LogP contribution in [0, 0.1) is 5.92 Å². The van der Waals surface area contributed by atoms with Crippen molar-refractivity contribution in [3.8, 4) is 0 Å². The van der Waals surface area contributed by atoms with E-state index in [0.717, 1.165) is 19.4 Å². The fourth-order valence-electron chi connectivity index (χ4n) is 2.10. The third kappa shape index (κ3) is 4.37. The predicted molar refractivity (Wildman–Crippen MR) is 64.0 cm³/mol. The van der Waals surface area contributed by atoms with Crippen LogP contribution in [-0.2, 0) is 11.3 Å². The van der Waals surface area contributed by atoms with Gasteiger partial charge in [0.05, 0.1) is 6.04 Å². The molecule has 5 nitrogen and oxygen atoms in total. The highest BCUT2D eigenvalue weighted by atomic mass is 19.3. The number of alkyl halides is 4. The molecule has 1 aromatic heterocycles. The lowest BCUT2D eigenvalue weighted by Crippen LogP contribution is -2.32. The van der Waals surface area contributed by atoms with Gasteiger partial charge < -0.3 is 14.6 Å². The van der Waals surface area contributed by atoms with E-state index in [-0.39, 0.29) is 11.9 Å². The van der Waals surface area contributed by atoms with Crippen molar-refractivity contribution in [1.29, 1.82) is 0 Å². The Morgan fingerprint density at radius 2 is 2.24 bits per heavy atom. The molecule has 1 aliphatic rings. The Bertz CT molecular complexity index is 455. The van der Waals surface area contributed by atoms with Crippen molar-refractivity contribution in [3.63, 3.8) is 0 Å². The highest BCUT2D eigenvalue weighted by Gasteiger charge is 2.41. The average molecular weight is 311 g/mol. The molecule has 1 aliphatic heterocycles.